The zero-order chi connectivity index (χ0) is 12.5. The van der Waals surface area contributed by atoms with Crippen LogP contribution >= 0.6 is 0 Å². The van der Waals surface area contributed by atoms with Crippen LogP contribution in [0.4, 0.5) is 0 Å². The van der Waals surface area contributed by atoms with Gasteiger partial charge in [0.25, 0.3) is 0 Å². The third-order valence-corrected chi connectivity index (χ3v) is 2.08. The van der Waals surface area contributed by atoms with E-state index in [0.29, 0.717) is 18.1 Å². The van der Waals surface area contributed by atoms with Gasteiger partial charge in [-0.1, -0.05) is 32.0 Å². The molecule has 0 fully saturated rings. The molecule has 0 heterocycles. The van der Waals surface area contributed by atoms with Gasteiger partial charge in [-0.3, -0.25) is 0 Å². The molecule has 0 N–H and O–H groups in total. The number of esters is 1. The van der Waals surface area contributed by atoms with Crippen LogP contribution in [0.25, 0.3) is 0 Å². The standard InChI is InChI=1S/C15H18O2/c1-13(2)9-5-4-8-12-17-15(16)14-10-6-3-7-11-14/h3,6-7,10-11,13H,4,8,12H2,1-2H3. The van der Waals surface area contributed by atoms with E-state index in [4.69, 9.17) is 4.74 Å². The highest BCUT2D eigenvalue weighted by Crippen LogP contribution is 2.01. The maximum atomic E-state index is 11.5. The molecule has 0 aliphatic carbocycles. The van der Waals surface area contributed by atoms with Crippen molar-refractivity contribution in [3.63, 3.8) is 0 Å². The van der Waals surface area contributed by atoms with Crippen molar-refractivity contribution in [2.45, 2.75) is 26.7 Å². The minimum atomic E-state index is -0.262. The summed E-state index contributed by atoms with van der Waals surface area (Å²) < 4.78 is 5.13. The summed E-state index contributed by atoms with van der Waals surface area (Å²) in [4.78, 5) is 11.5. The van der Waals surface area contributed by atoms with Crippen LogP contribution in [-0.2, 0) is 4.74 Å². The van der Waals surface area contributed by atoms with Crippen LogP contribution in [0, 0.1) is 17.8 Å². The van der Waals surface area contributed by atoms with E-state index in [-0.39, 0.29) is 5.97 Å². The minimum Gasteiger partial charge on any atom is -0.462 e. The van der Waals surface area contributed by atoms with Crippen molar-refractivity contribution in [1.82, 2.24) is 0 Å². The Bertz CT molecular complexity index is 396. The van der Waals surface area contributed by atoms with Crippen molar-refractivity contribution in [2.24, 2.45) is 5.92 Å². The van der Waals surface area contributed by atoms with Crippen molar-refractivity contribution in [1.29, 1.82) is 0 Å². The third kappa shape index (κ3) is 5.77. The van der Waals surface area contributed by atoms with E-state index in [1.165, 1.54) is 0 Å². The molecule has 0 unspecified atom stereocenters. The van der Waals surface area contributed by atoms with E-state index in [1.54, 1.807) is 12.1 Å². The molecule has 90 valence electrons. The molecule has 1 rings (SSSR count). The minimum absolute atomic E-state index is 0.262. The lowest BCUT2D eigenvalue weighted by molar-refractivity contribution is 0.0502. The topological polar surface area (TPSA) is 26.3 Å². The Balaban J connectivity index is 2.20. The van der Waals surface area contributed by atoms with Gasteiger partial charge in [0.2, 0.25) is 0 Å². The second-order valence-electron chi connectivity index (χ2n) is 4.08. The Morgan fingerprint density at radius 1 is 1.29 bits per heavy atom. The lowest BCUT2D eigenvalue weighted by Crippen LogP contribution is -2.05. The highest BCUT2D eigenvalue weighted by atomic mass is 16.5. The Morgan fingerprint density at radius 2 is 2.00 bits per heavy atom. The quantitative estimate of drug-likeness (QED) is 0.451. The molecule has 0 aliphatic rings. The van der Waals surface area contributed by atoms with Crippen LogP contribution < -0.4 is 0 Å². The zero-order valence-electron chi connectivity index (χ0n) is 10.4. The number of rotatable bonds is 4. The first-order valence-corrected chi connectivity index (χ1v) is 5.90. The zero-order valence-corrected chi connectivity index (χ0v) is 10.4. The van der Waals surface area contributed by atoms with E-state index >= 15 is 0 Å². The van der Waals surface area contributed by atoms with Gasteiger partial charge in [0.15, 0.2) is 0 Å². The molecule has 2 heteroatoms. The third-order valence-electron chi connectivity index (χ3n) is 2.08. The van der Waals surface area contributed by atoms with Gasteiger partial charge in [-0.15, -0.1) is 11.8 Å². The highest BCUT2D eigenvalue weighted by Gasteiger charge is 2.04. The maximum absolute atomic E-state index is 11.5. The molecule has 1 aromatic rings. The Morgan fingerprint density at radius 3 is 2.65 bits per heavy atom. The summed E-state index contributed by atoms with van der Waals surface area (Å²) >= 11 is 0. The monoisotopic (exact) mass is 230 g/mol. The van der Waals surface area contributed by atoms with Gasteiger partial charge < -0.3 is 4.74 Å². The molecule has 0 amide bonds. The summed E-state index contributed by atoms with van der Waals surface area (Å²) in [6.45, 7) is 4.55. The lowest BCUT2D eigenvalue weighted by Gasteiger charge is -2.02. The molecule has 0 bridgehead atoms. The molecular weight excluding hydrogens is 212 g/mol. The summed E-state index contributed by atoms with van der Waals surface area (Å²) in [5, 5.41) is 0. The summed E-state index contributed by atoms with van der Waals surface area (Å²) in [7, 11) is 0. The fourth-order valence-electron chi connectivity index (χ4n) is 1.26. The number of carbonyl (C=O) groups excluding carboxylic acids is 1. The Labute approximate surface area is 103 Å². The van der Waals surface area contributed by atoms with Gasteiger partial charge in [-0.25, -0.2) is 4.79 Å². The molecule has 1 aromatic carbocycles. The summed E-state index contributed by atoms with van der Waals surface area (Å²) in [6.07, 6.45) is 1.57. The van der Waals surface area contributed by atoms with Gasteiger partial charge in [0, 0.05) is 12.3 Å². The normalized spacial score (nSPS) is 9.59. The van der Waals surface area contributed by atoms with Crippen LogP contribution in [0.15, 0.2) is 30.3 Å². The first-order chi connectivity index (χ1) is 8.20. The summed E-state index contributed by atoms with van der Waals surface area (Å²) in [5.41, 5.74) is 0.598. The van der Waals surface area contributed by atoms with Crippen LogP contribution in [-0.4, -0.2) is 12.6 Å². The molecule has 0 radical (unpaired) electrons. The smallest absolute Gasteiger partial charge is 0.338 e. The molecule has 0 saturated carbocycles. The van der Waals surface area contributed by atoms with Crippen LogP contribution in [0.2, 0.25) is 0 Å². The van der Waals surface area contributed by atoms with E-state index in [9.17, 15) is 4.79 Å². The van der Waals surface area contributed by atoms with Gasteiger partial charge in [-0.2, -0.15) is 0 Å². The molecule has 0 atom stereocenters. The second-order valence-corrected chi connectivity index (χ2v) is 4.08. The maximum Gasteiger partial charge on any atom is 0.338 e. The van der Waals surface area contributed by atoms with E-state index < -0.39 is 0 Å². The number of benzene rings is 1. The number of ether oxygens (including phenoxy) is 1. The van der Waals surface area contributed by atoms with Crippen molar-refractivity contribution in [3.8, 4) is 11.8 Å². The average Bonchev–Trinajstić information content (AvgIpc) is 2.34. The summed E-state index contributed by atoms with van der Waals surface area (Å²) in [6, 6.07) is 9.02. The van der Waals surface area contributed by atoms with Gasteiger partial charge in [-0.05, 0) is 18.6 Å². The summed E-state index contributed by atoms with van der Waals surface area (Å²) in [5.74, 6) is 6.27. The number of hydrogen-bond donors (Lipinski definition) is 0. The first kappa shape index (κ1) is 13.3. The van der Waals surface area contributed by atoms with Crippen molar-refractivity contribution in [2.75, 3.05) is 6.61 Å². The predicted octanol–water partition coefficient (Wildman–Crippen LogP) is 3.28. The van der Waals surface area contributed by atoms with Crippen molar-refractivity contribution < 1.29 is 9.53 Å². The molecule has 0 spiro atoms. The van der Waals surface area contributed by atoms with Crippen molar-refractivity contribution >= 4 is 5.97 Å². The van der Waals surface area contributed by atoms with E-state index in [1.807, 2.05) is 18.2 Å². The molecule has 0 saturated heterocycles. The number of carbonyl (C=O) groups is 1. The second kappa shape index (κ2) is 7.51. The van der Waals surface area contributed by atoms with E-state index in [2.05, 4.69) is 25.7 Å². The van der Waals surface area contributed by atoms with Crippen molar-refractivity contribution in [3.05, 3.63) is 35.9 Å². The fourth-order valence-corrected chi connectivity index (χ4v) is 1.26. The van der Waals surface area contributed by atoms with Gasteiger partial charge in [0.1, 0.15) is 0 Å². The SMILES string of the molecule is CC(C)C#CCCCOC(=O)c1ccccc1. The molecule has 17 heavy (non-hydrogen) atoms. The number of unbranched alkanes of at least 4 members (excludes halogenated alkanes) is 1. The van der Waals surface area contributed by atoms with Crippen LogP contribution in [0.5, 0.6) is 0 Å². The Hall–Kier alpha value is -1.75. The average molecular weight is 230 g/mol. The lowest BCUT2D eigenvalue weighted by atomic mass is 10.2. The highest BCUT2D eigenvalue weighted by molar-refractivity contribution is 5.89. The number of hydrogen-bond acceptors (Lipinski definition) is 2. The fraction of sp³-hybridized carbons (Fsp3) is 0.400. The predicted molar refractivity (Wildman–Crippen MR) is 68.6 cm³/mol. The molecule has 0 aliphatic heterocycles. The molecule has 0 aromatic heterocycles. The molecule has 2 nitrogen and oxygen atoms in total. The molecular formula is C15H18O2. The van der Waals surface area contributed by atoms with Gasteiger partial charge >= 0.3 is 5.97 Å². The van der Waals surface area contributed by atoms with Crippen LogP contribution in [0.1, 0.15) is 37.0 Å². The van der Waals surface area contributed by atoms with E-state index in [0.717, 1.165) is 12.8 Å². The van der Waals surface area contributed by atoms with Gasteiger partial charge in [0.05, 0.1) is 12.2 Å². The Kier molecular flexibility index (Phi) is 5.88. The first-order valence-electron chi connectivity index (χ1n) is 5.90. The van der Waals surface area contributed by atoms with Crippen LogP contribution in [0.3, 0.4) is 0 Å². The largest absolute Gasteiger partial charge is 0.462 e.